The summed E-state index contributed by atoms with van der Waals surface area (Å²) in [6, 6.07) is 13.8. The third kappa shape index (κ3) is 5.81. The molecule has 0 aliphatic rings. The van der Waals surface area contributed by atoms with Gasteiger partial charge >= 0.3 is 5.97 Å². The Hall–Kier alpha value is -3.85. The van der Waals surface area contributed by atoms with Crippen molar-refractivity contribution in [1.29, 1.82) is 5.26 Å². The van der Waals surface area contributed by atoms with E-state index in [-0.39, 0.29) is 23.7 Å². The summed E-state index contributed by atoms with van der Waals surface area (Å²) in [5.74, 6) is -0.677. The Labute approximate surface area is 170 Å². The van der Waals surface area contributed by atoms with Crippen molar-refractivity contribution in [2.24, 2.45) is 0 Å². The Morgan fingerprint density at radius 3 is 2.45 bits per heavy atom. The van der Waals surface area contributed by atoms with E-state index in [0.29, 0.717) is 17.7 Å². The minimum atomic E-state index is -0.973. The number of carbonyl (C=O) groups excluding carboxylic acids is 1. The predicted molar refractivity (Wildman–Crippen MR) is 110 cm³/mol. The van der Waals surface area contributed by atoms with Crippen LogP contribution in [0, 0.1) is 11.3 Å². The molecule has 1 amide bonds. The maximum atomic E-state index is 12.0. The van der Waals surface area contributed by atoms with E-state index in [1.54, 1.807) is 50.5 Å². The van der Waals surface area contributed by atoms with Gasteiger partial charge in [-0.25, -0.2) is 4.79 Å². The standard InChI is InChI=1S/C23H22N2O4/c1-4-5-19-12-17(13-20(14-24)22(26)25(2)3)8-11-21(19)29-15-16-6-9-18(10-7-16)23(27)28/h4,6-13H,1,5,15H2,2-3H3,(H,27,28)/b20-13-. The van der Waals surface area contributed by atoms with E-state index in [1.165, 1.54) is 17.0 Å². The number of allylic oxidation sites excluding steroid dienone is 1. The minimum Gasteiger partial charge on any atom is -0.489 e. The van der Waals surface area contributed by atoms with Crippen LogP contribution >= 0.6 is 0 Å². The number of carboxylic acids is 1. The van der Waals surface area contributed by atoms with Crippen LogP contribution in [0.2, 0.25) is 0 Å². The molecular formula is C23H22N2O4. The molecule has 0 heterocycles. The molecule has 0 bridgehead atoms. The normalized spacial score (nSPS) is 10.7. The van der Waals surface area contributed by atoms with E-state index < -0.39 is 5.97 Å². The number of carbonyl (C=O) groups is 2. The molecule has 2 aromatic rings. The lowest BCUT2D eigenvalue weighted by Crippen LogP contribution is -2.22. The van der Waals surface area contributed by atoms with Crippen LogP contribution in [0.15, 0.2) is 60.7 Å². The monoisotopic (exact) mass is 390 g/mol. The van der Waals surface area contributed by atoms with Gasteiger partial charge in [0.25, 0.3) is 5.91 Å². The van der Waals surface area contributed by atoms with Crippen LogP contribution in [0.5, 0.6) is 5.75 Å². The largest absolute Gasteiger partial charge is 0.489 e. The number of likely N-dealkylation sites (N-methyl/N-ethyl adjacent to an activating group) is 1. The lowest BCUT2D eigenvalue weighted by molar-refractivity contribution is -0.124. The van der Waals surface area contributed by atoms with Crippen molar-refractivity contribution in [3.63, 3.8) is 0 Å². The zero-order chi connectivity index (χ0) is 21.4. The molecule has 0 fully saturated rings. The van der Waals surface area contributed by atoms with Gasteiger partial charge in [-0.15, -0.1) is 6.58 Å². The molecule has 0 saturated carbocycles. The SMILES string of the molecule is C=CCc1cc(/C=C(/C#N)C(=O)N(C)C)ccc1OCc1ccc(C(=O)O)cc1. The zero-order valence-corrected chi connectivity index (χ0v) is 16.4. The average molecular weight is 390 g/mol. The molecule has 148 valence electrons. The van der Waals surface area contributed by atoms with Gasteiger partial charge in [-0.1, -0.05) is 24.3 Å². The third-order valence-electron chi connectivity index (χ3n) is 4.11. The summed E-state index contributed by atoms with van der Waals surface area (Å²) in [5.41, 5.74) is 2.69. The molecule has 1 N–H and O–H groups in total. The van der Waals surface area contributed by atoms with Gasteiger partial charge in [-0.05, 0) is 53.5 Å². The maximum absolute atomic E-state index is 12.0. The summed E-state index contributed by atoms with van der Waals surface area (Å²) < 4.78 is 5.89. The summed E-state index contributed by atoms with van der Waals surface area (Å²) in [6.45, 7) is 4.04. The Morgan fingerprint density at radius 1 is 1.21 bits per heavy atom. The number of amides is 1. The molecule has 0 unspecified atom stereocenters. The molecule has 29 heavy (non-hydrogen) atoms. The van der Waals surface area contributed by atoms with Crippen LogP contribution in [-0.4, -0.2) is 36.0 Å². The molecule has 0 aromatic heterocycles. The van der Waals surface area contributed by atoms with Crippen molar-refractivity contribution in [2.45, 2.75) is 13.0 Å². The number of rotatable bonds is 8. The number of aromatic carboxylic acids is 1. The molecule has 0 radical (unpaired) electrons. The molecular weight excluding hydrogens is 368 g/mol. The lowest BCUT2D eigenvalue weighted by Gasteiger charge is -2.12. The molecule has 0 aliphatic heterocycles. The van der Waals surface area contributed by atoms with Crippen molar-refractivity contribution in [1.82, 2.24) is 4.90 Å². The van der Waals surface area contributed by atoms with Gasteiger partial charge in [-0.3, -0.25) is 4.79 Å². The van der Waals surface area contributed by atoms with Crippen molar-refractivity contribution in [2.75, 3.05) is 14.1 Å². The second-order valence-corrected chi connectivity index (χ2v) is 6.52. The highest BCUT2D eigenvalue weighted by molar-refractivity contribution is 6.01. The van der Waals surface area contributed by atoms with Crippen LogP contribution in [0.4, 0.5) is 0 Å². The molecule has 6 nitrogen and oxygen atoms in total. The fraction of sp³-hybridized carbons (Fsp3) is 0.174. The van der Waals surface area contributed by atoms with E-state index in [0.717, 1.165) is 11.1 Å². The quantitative estimate of drug-likeness (QED) is 0.422. The lowest BCUT2D eigenvalue weighted by atomic mass is 10.0. The number of nitriles is 1. The van der Waals surface area contributed by atoms with E-state index in [4.69, 9.17) is 9.84 Å². The van der Waals surface area contributed by atoms with Gasteiger partial charge in [0.05, 0.1) is 5.56 Å². The van der Waals surface area contributed by atoms with E-state index in [9.17, 15) is 14.9 Å². The topological polar surface area (TPSA) is 90.6 Å². The van der Waals surface area contributed by atoms with Crippen molar-refractivity contribution in [3.05, 3.63) is 82.9 Å². The summed E-state index contributed by atoms with van der Waals surface area (Å²) >= 11 is 0. The van der Waals surface area contributed by atoms with Crippen molar-refractivity contribution < 1.29 is 19.4 Å². The minimum absolute atomic E-state index is 0.0479. The number of benzene rings is 2. The number of hydrogen-bond donors (Lipinski definition) is 1. The van der Waals surface area contributed by atoms with Crippen LogP contribution in [0.25, 0.3) is 6.08 Å². The number of nitrogens with zero attached hydrogens (tertiary/aromatic N) is 2. The molecule has 2 aromatic carbocycles. The number of ether oxygens (including phenoxy) is 1. The van der Waals surface area contributed by atoms with Crippen molar-refractivity contribution in [3.8, 4) is 11.8 Å². The average Bonchev–Trinajstić information content (AvgIpc) is 2.71. The summed E-state index contributed by atoms with van der Waals surface area (Å²) in [4.78, 5) is 24.3. The van der Waals surface area contributed by atoms with Crippen molar-refractivity contribution >= 4 is 18.0 Å². The first-order chi connectivity index (χ1) is 13.8. The summed E-state index contributed by atoms with van der Waals surface area (Å²) in [7, 11) is 3.19. The second-order valence-electron chi connectivity index (χ2n) is 6.52. The smallest absolute Gasteiger partial charge is 0.335 e. The highest BCUT2D eigenvalue weighted by Crippen LogP contribution is 2.24. The van der Waals surface area contributed by atoms with E-state index >= 15 is 0 Å². The van der Waals surface area contributed by atoms with Crippen LogP contribution in [0.3, 0.4) is 0 Å². The Kier molecular flexibility index (Phi) is 7.33. The first-order valence-electron chi connectivity index (χ1n) is 8.88. The van der Waals surface area contributed by atoms with E-state index in [2.05, 4.69) is 6.58 Å². The van der Waals surface area contributed by atoms with Crippen LogP contribution in [-0.2, 0) is 17.8 Å². The number of hydrogen-bond acceptors (Lipinski definition) is 4. The van der Waals surface area contributed by atoms with Gasteiger partial charge in [0.15, 0.2) is 0 Å². The highest BCUT2D eigenvalue weighted by Gasteiger charge is 2.12. The highest BCUT2D eigenvalue weighted by atomic mass is 16.5. The van der Waals surface area contributed by atoms with Gasteiger partial charge < -0.3 is 14.7 Å². The fourth-order valence-corrected chi connectivity index (χ4v) is 2.60. The second kappa shape index (κ2) is 9.90. The van der Waals surface area contributed by atoms with Crippen LogP contribution < -0.4 is 4.74 Å². The maximum Gasteiger partial charge on any atom is 0.335 e. The predicted octanol–water partition coefficient (Wildman–Crippen LogP) is 3.69. The van der Waals surface area contributed by atoms with Gasteiger partial charge in [0.1, 0.15) is 24.0 Å². The zero-order valence-electron chi connectivity index (χ0n) is 16.4. The molecule has 0 atom stereocenters. The fourth-order valence-electron chi connectivity index (χ4n) is 2.60. The van der Waals surface area contributed by atoms with Gasteiger partial charge in [-0.2, -0.15) is 5.26 Å². The van der Waals surface area contributed by atoms with Crippen LogP contribution in [0.1, 0.15) is 27.0 Å². The van der Waals surface area contributed by atoms with Gasteiger partial charge in [0.2, 0.25) is 0 Å². The molecule has 0 spiro atoms. The first kappa shape index (κ1) is 21.5. The molecule has 0 aliphatic carbocycles. The first-order valence-corrected chi connectivity index (χ1v) is 8.88. The number of carboxylic acid groups (broad SMARTS) is 1. The molecule has 2 rings (SSSR count). The van der Waals surface area contributed by atoms with Gasteiger partial charge in [0, 0.05) is 14.1 Å². The Bertz CT molecular complexity index is 983. The Morgan fingerprint density at radius 2 is 1.90 bits per heavy atom. The molecule has 6 heteroatoms. The molecule has 0 saturated heterocycles. The summed E-state index contributed by atoms with van der Waals surface area (Å²) in [5, 5.41) is 18.2. The summed E-state index contributed by atoms with van der Waals surface area (Å²) in [6.07, 6.45) is 3.84. The third-order valence-corrected chi connectivity index (χ3v) is 4.11. The Balaban J connectivity index is 2.23. The van der Waals surface area contributed by atoms with E-state index in [1.807, 2.05) is 12.1 Å².